The van der Waals surface area contributed by atoms with Crippen LogP contribution in [0, 0.1) is 0 Å². The number of guanidine groups is 1. The van der Waals surface area contributed by atoms with E-state index < -0.39 is 0 Å². The molecule has 0 saturated heterocycles. The van der Waals surface area contributed by atoms with E-state index >= 15 is 0 Å². The maximum absolute atomic E-state index is 12.5. The number of aliphatic imine (C=N–C) groups is 1. The fourth-order valence-electron chi connectivity index (χ4n) is 3.42. The summed E-state index contributed by atoms with van der Waals surface area (Å²) in [6, 6.07) is 10.4. The second-order valence-corrected chi connectivity index (χ2v) is 8.00. The van der Waals surface area contributed by atoms with Crippen molar-refractivity contribution < 1.29 is 0 Å². The lowest BCUT2D eigenvalue weighted by molar-refractivity contribution is 0.555. The first-order chi connectivity index (χ1) is 14.9. The summed E-state index contributed by atoms with van der Waals surface area (Å²) in [6.45, 7) is 9.82. The van der Waals surface area contributed by atoms with Crippen molar-refractivity contribution in [2.75, 3.05) is 13.1 Å². The Kier molecular flexibility index (Phi) is 7.46. The molecule has 3 aromatic rings. The first-order valence-electron chi connectivity index (χ1n) is 10.9. The zero-order chi connectivity index (χ0) is 22.4. The van der Waals surface area contributed by atoms with Gasteiger partial charge < -0.3 is 21.4 Å². The van der Waals surface area contributed by atoms with Crippen LogP contribution >= 0.6 is 0 Å². The number of fused-ring (bicyclic) bond motifs is 1. The quantitative estimate of drug-likeness (QED) is 0.240. The van der Waals surface area contributed by atoms with Gasteiger partial charge in [0, 0.05) is 35.9 Å². The molecular formula is C23H33N7O. The maximum Gasteiger partial charge on any atom is 0.354 e. The van der Waals surface area contributed by atoms with Gasteiger partial charge in [0.2, 0.25) is 0 Å². The van der Waals surface area contributed by atoms with E-state index in [0.29, 0.717) is 11.6 Å². The molecule has 0 amide bonds. The summed E-state index contributed by atoms with van der Waals surface area (Å²) in [5.41, 5.74) is 9.19. The van der Waals surface area contributed by atoms with E-state index in [1.807, 2.05) is 50.4 Å². The number of hydrogen-bond acceptors (Lipinski definition) is 4. The largest absolute Gasteiger partial charge is 0.370 e. The lowest BCUT2D eigenvalue weighted by Gasteiger charge is -2.15. The van der Waals surface area contributed by atoms with Gasteiger partial charge in [-0.2, -0.15) is 4.98 Å². The minimum atomic E-state index is -0.288. The third kappa shape index (κ3) is 5.95. The zero-order valence-corrected chi connectivity index (χ0v) is 18.8. The van der Waals surface area contributed by atoms with Crippen LogP contribution in [0.2, 0.25) is 0 Å². The summed E-state index contributed by atoms with van der Waals surface area (Å²) in [5, 5.41) is 7.57. The van der Waals surface area contributed by atoms with Crippen molar-refractivity contribution in [2.45, 2.75) is 52.6 Å². The number of aromatic nitrogens is 3. The monoisotopic (exact) mass is 423 g/mol. The van der Waals surface area contributed by atoms with E-state index in [9.17, 15) is 4.79 Å². The Labute approximate surface area is 183 Å². The number of nitrogens with two attached hydrogens (primary N) is 1. The van der Waals surface area contributed by atoms with Crippen LogP contribution in [0.1, 0.15) is 51.4 Å². The Hall–Kier alpha value is -3.13. The van der Waals surface area contributed by atoms with Crippen molar-refractivity contribution in [2.24, 2.45) is 10.7 Å². The van der Waals surface area contributed by atoms with Crippen LogP contribution in [-0.2, 0) is 6.42 Å². The first kappa shape index (κ1) is 22.6. The smallest absolute Gasteiger partial charge is 0.354 e. The van der Waals surface area contributed by atoms with Gasteiger partial charge in [0.25, 0.3) is 0 Å². The number of aryl methyl sites for hydroxylation is 1. The van der Waals surface area contributed by atoms with Gasteiger partial charge in [-0.05, 0) is 63.9 Å². The molecule has 31 heavy (non-hydrogen) atoms. The van der Waals surface area contributed by atoms with Crippen LogP contribution < -0.4 is 22.1 Å². The molecule has 1 aromatic carbocycles. The van der Waals surface area contributed by atoms with Crippen molar-refractivity contribution in [3.8, 4) is 5.69 Å². The molecule has 0 spiro atoms. The average Bonchev–Trinajstić information content (AvgIpc) is 3.14. The molecule has 0 fully saturated rings. The summed E-state index contributed by atoms with van der Waals surface area (Å²) in [5.74, 6) is 0.493. The molecule has 8 heteroatoms. The minimum Gasteiger partial charge on any atom is -0.370 e. The van der Waals surface area contributed by atoms with Gasteiger partial charge >= 0.3 is 5.69 Å². The van der Waals surface area contributed by atoms with E-state index in [0.717, 1.165) is 48.3 Å². The summed E-state index contributed by atoms with van der Waals surface area (Å²) in [6.07, 6.45) is 3.66. The predicted octanol–water partition coefficient (Wildman–Crippen LogP) is 2.63. The number of H-pyrrole nitrogens is 1. The molecule has 8 nitrogen and oxygen atoms in total. The van der Waals surface area contributed by atoms with E-state index in [-0.39, 0.29) is 17.8 Å². The van der Waals surface area contributed by atoms with Gasteiger partial charge in [-0.3, -0.25) is 9.56 Å². The van der Waals surface area contributed by atoms with Crippen LogP contribution in [-0.4, -0.2) is 39.6 Å². The fourth-order valence-corrected chi connectivity index (χ4v) is 3.42. The standard InChI is InChI=1S/C23H33N7O/c1-5-19-13-18-14-30(23(31)29-21(18)28-19)20-9-7-17(8-10-20)16(4)25-11-6-12-26-22(24)27-15(2)3/h7-10,13-16,25H,5-6,11-12H2,1-4H3,(H3,24,26,27)(H,28,29,31)/t16-/m0/s1. The van der Waals surface area contributed by atoms with Crippen molar-refractivity contribution in [3.63, 3.8) is 0 Å². The number of rotatable bonds is 9. The van der Waals surface area contributed by atoms with E-state index in [1.165, 1.54) is 0 Å². The van der Waals surface area contributed by atoms with Crippen LogP contribution in [0.4, 0.5) is 0 Å². The molecular weight excluding hydrogens is 390 g/mol. The molecule has 166 valence electrons. The maximum atomic E-state index is 12.5. The topological polar surface area (TPSA) is 113 Å². The van der Waals surface area contributed by atoms with E-state index in [1.54, 1.807) is 4.57 Å². The van der Waals surface area contributed by atoms with Gasteiger partial charge in [0.05, 0.1) is 5.69 Å². The molecule has 0 unspecified atom stereocenters. The predicted molar refractivity (Wildman–Crippen MR) is 127 cm³/mol. The number of benzene rings is 1. The summed E-state index contributed by atoms with van der Waals surface area (Å²) in [4.78, 5) is 24.1. The molecule has 5 N–H and O–H groups in total. The Morgan fingerprint density at radius 2 is 1.97 bits per heavy atom. The molecule has 1 atom stereocenters. The SMILES string of the molecule is CCc1cc2cn(-c3ccc([C@H](C)NCCCN/C(N)=N\C(C)C)cc3)c(=O)nc2[nH]1. The summed E-state index contributed by atoms with van der Waals surface area (Å²) < 4.78 is 1.59. The summed E-state index contributed by atoms with van der Waals surface area (Å²) in [7, 11) is 0. The highest BCUT2D eigenvalue weighted by molar-refractivity contribution is 5.78. The molecule has 2 heterocycles. The third-order valence-corrected chi connectivity index (χ3v) is 5.12. The molecule has 0 aliphatic heterocycles. The van der Waals surface area contributed by atoms with Gasteiger partial charge in [-0.1, -0.05) is 19.1 Å². The van der Waals surface area contributed by atoms with Crippen molar-refractivity contribution in [1.29, 1.82) is 0 Å². The Morgan fingerprint density at radius 3 is 2.65 bits per heavy atom. The lowest BCUT2D eigenvalue weighted by Crippen LogP contribution is -2.34. The number of nitrogens with one attached hydrogen (secondary N) is 3. The van der Waals surface area contributed by atoms with Crippen LogP contribution in [0.25, 0.3) is 16.7 Å². The Balaban J connectivity index is 1.58. The Morgan fingerprint density at radius 1 is 1.23 bits per heavy atom. The summed E-state index contributed by atoms with van der Waals surface area (Å²) >= 11 is 0. The highest BCUT2D eigenvalue weighted by atomic mass is 16.1. The van der Waals surface area contributed by atoms with Crippen LogP contribution in [0.5, 0.6) is 0 Å². The normalized spacial score (nSPS) is 13.1. The van der Waals surface area contributed by atoms with Crippen molar-refractivity contribution in [1.82, 2.24) is 25.2 Å². The number of nitrogens with zero attached hydrogens (tertiary/aromatic N) is 3. The van der Waals surface area contributed by atoms with Gasteiger partial charge in [0.15, 0.2) is 5.96 Å². The van der Waals surface area contributed by atoms with Crippen LogP contribution in [0.15, 0.2) is 46.3 Å². The first-order valence-corrected chi connectivity index (χ1v) is 10.9. The van der Waals surface area contributed by atoms with Gasteiger partial charge in [-0.25, -0.2) is 4.79 Å². The van der Waals surface area contributed by atoms with Gasteiger partial charge in [0.1, 0.15) is 5.65 Å². The molecule has 0 aliphatic rings. The minimum absolute atomic E-state index is 0.194. The molecule has 0 radical (unpaired) electrons. The fraction of sp³-hybridized carbons (Fsp3) is 0.435. The number of hydrogen-bond donors (Lipinski definition) is 4. The molecule has 2 aromatic heterocycles. The van der Waals surface area contributed by atoms with Crippen molar-refractivity contribution in [3.05, 3.63) is 58.3 Å². The average molecular weight is 424 g/mol. The van der Waals surface area contributed by atoms with Gasteiger partial charge in [-0.15, -0.1) is 0 Å². The highest BCUT2D eigenvalue weighted by Gasteiger charge is 2.09. The van der Waals surface area contributed by atoms with Crippen LogP contribution in [0.3, 0.4) is 0 Å². The number of aromatic amines is 1. The molecule has 0 saturated carbocycles. The second-order valence-electron chi connectivity index (χ2n) is 8.00. The second kappa shape index (κ2) is 10.3. The highest BCUT2D eigenvalue weighted by Crippen LogP contribution is 2.17. The van der Waals surface area contributed by atoms with E-state index in [2.05, 4.69) is 39.4 Å². The third-order valence-electron chi connectivity index (χ3n) is 5.12. The lowest BCUT2D eigenvalue weighted by atomic mass is 10.1. The zero-order valence-electron chi connectivity index (χ0n) is 18.8. The Bertz CT molecular complexity index is 1080. The molecule has 0 aliphatic carbocycles. The van der Waals surface area contributed by atoms with E-state index in [4.69, 9.17) is 5.73 Å². The van der Waals surface area contributed by atoms with Crippen molar-refractivity contribution >= 4 is 17.0 Å². The molecule has 3 rings (SSSR count). The molecule has 0 bridgehead atoms.